The molecule has 0 spiro atoms. The number of nitrogen functional groups attached to an aromatic ring is 1. The van der Waals surface area contributed by atoms with Gasteiger partial charge in [-0.1, -0.05) is 0 Å². The largest absolute Gasteiger partial charge is 0.484 e. The predicted octanol–water partition coefficient (Wildman–Crippen LogP) is 1.93. The number of rotatable bonds is 4. The van der Waals surface area contributed by atoms with Crippen molar-refractivity contribution < 1.29 is 13.9 Å². The lowest BCUT2D eigenvalue weighted by atomic mass is 10.2. The van der Waals surface area contributed by atoms with E-state index < -0.39 is 5.91 Å². The number of halogens is 1. The maximum atomic E-state index is 11.4. The molecule has 2 heterocycles. The fourth-order valence-corrected chi connectivity index (χ4v) is 1.89. The van der Waals surface area contributed by atoms with E-state index in [1.807, 2.05) is 0 Å². The molecule has 6 nitrogen and oxygen atoms in total. The number of hydrogen-bond acceptors (Lipinski definition) is 5. The van der Waals surface area contributed by atoms with E-state index in [0.717, 1.165) is 4.47 Å². The summed E-state index contributed by atoms with van der Waals surface area (Å²) in [5.74, 6) is 6.32. The first kappa shape index (κ1) is 13.6. The molecule has 0 radical (unpaired) electrons. The number of furan rings is 1. The van der Waals surface area contributed by atoms with Crippen LogP contribution in [-0.2, 0) is 6.61 Å². The van der Waals surface area contributed by atoms with E-state index in [4.69, 9.17) is 15.0 Å². The minimum absolute atomic E-state index is 0.205. The number of hydrazine groups is 1. The summed E-state index contributed by atoms with van der Waals surface area (Å²) in [6.45, 7) is 1.89. The van der Waals surface area contributed by atoms with Crippen LogP contribution in [0.4, 0.5) is 0 Å². The number of nitrogens with one attached hydrogen (secondary N) is 1. The highest BCUT2D eigenvalue weighted by atomic mass is 79.9. The second-order valence-corrected chi connectivity index (χ2v) is 4.70. The zero-order chi connectivity index (χ0) is 13.8. The van der Waals surface area contributed by atoms with E-state index in [0.29, 0.717) is 22.8 Å². The summed E-state index contributed by atoms with van der Waals surface area (Å²) in [4.78, 5) is 15.4. The van der Waals surface area contributed by atoms with Gasteiger partial charge >= 0.3 is 0 Å². The van der Waals surface area contributed by atoms with Crippen LogP contribution in [0.5, 0.6) is 5.75 Å². The highest BCUT2D eigenvalue weighted by molar-refractivity contribution is 9.10. The number of carbonyl (C=O) groups excluding carboxylic acids is 1. The molecule has 19 heavy (non-hydrogen) atoms. The van der Waals surface area contributed by atoms with E-state index in [9.17, 15) is 4.79 Å². The summed E-state index contributed by atoms with van der Waals surface area (Å²) in [5, 5.41) is 0. The van der Waals surface area contributed by atoms with Gasteiger partial charge in [0.05, 0.1) is 11.8 Å². The van der Waals surface area contributed by atoms with E-state index in [2.05, 4.69) is 26.3 Å². The molecule has 0 atom stereocenters. The first-order valence-corrected chi connectivity index (χ1v) is 6.23. The number of carbonyl (C=O) groups is 1. The van der Waals surface area contributed by atoms with Crippen molar-refractivity contribution >= 4 is 21.8 Å². The zero-order valence-corrected chi connectivity index (χ0v) is 11.7. The van der Waals surface area contributed by atoms with Gasteiger partial charge in [-0.15, -0.1) is 0 Å². The van der Waals surface area contributed by atoms with Crippen molar-refractivity contribution in [3.63, 3.8) is 0 Å². The molecule has 0 aliphatic heterocycles. The summed E-state index contributed by atoms with van der Waals surface area (Å²) in [7, 11) is 0. The molecule has 100 valence electrons. The minimum atomic E-state index is -0.392. The number of aryl methyl sites for hydroxylation is 1. The molecule has 2 rings (SSSR count). The van der Waals surface area contributed by atoms with Gasteiger partial charge in [0.2, 0.25) is 0 Å². The standard InChI is InChI=1S/C12H12BrN3O3/c1-7-11(12(17)16-14)3-10(19-7)6-18-9-2-8(13)4-15-5-9/h2-5H,6,14H2,1H3,(H,16,17). The summed E-state index contributed by atoms with van der Waals surface area (Å²) < 4.78 is 11.7. The number of amides is 1. The molecule has 2 aromatic rings. The van der Waals surface area contributed by atoms with Gasteiger partial charge in [0, 0.05) is 10.7 Å². The lowest BCUT2D eigenvalue weighted by Crippen LogP contribution is -2.30. The molecule has 0 bridgehead atoms. The summed E-state index contributed by atoms with van der Waals surface area (Å²) in [6, 6.07) is 3.39. The van der Waals surface area contributed by atoms with Gasteiger partial charge < -0.3 is 9.15 Å². The maximum absolute atomic E-state index is 11.4. The van der Waals surface area contributed by atoms with Gasteiger partial charge in [-0.25, -0.2) is 5.84 Å². The fraction of sp³-hybridized carbons (Fsp3) is 0.167. The van der Waals surface area contributed by atoms with Crippen LogP contribution in [0, 0.1) is 6.92 Å². The van der Waals surface area contributed by atoms with Gasteiger partial charge in [-0.05, 0) is 35.0 Å². The van der Waals surface area contributed by atoms with Crippen LogP contribution >= 0.6 is 15.9 Å². The molecule has 7 heteroatoms. The second kappa shape index (κ2) is 5.85. The Hall–Kier alpha value is -1.86. The Morgan fingerprint density at radius 1 is 1.53 bits per heavy atom. The van der Waals surface area contributed by atoms with Gasteiger partial charge in [-0.3, -0.25) is 15.2 Å². The normalized spacial score (nSPS) is 10.3. The third-order valence-corrected chi connectivity index (χ3v) is 2.84. The second-order valence-electron chi connectivity index (χ2n) is 3.78. The number of hydrogen-bond donors (Lipinski definition) is 2. The van der Waals surface area contributed by atoms with Crippen LogP contribution in [0.3, 0.4) is 0 Å². The summed E-state index contributed by atoms with van der Waals surface area (Å²) in [6.07, 6.45) is 3.25. The van der Waals surface area contributed by atoms with Crippen LogP contribution < -0.4 is 16.0 Å². The van der Waals surface area contributed by atoms with E-state index >= 15 is 0 Å². The van der Waals surface area contributed by atoms with Crippen LogP contribution in [0.1, 0.15) is 21.9 Å². The number of ether oxygens (including phenoxy) is 1. The van der Waals surface area contributed by atoms with Gasteiger partial charge in [0.1, 0.15) is 23.9 Å². The third kappa shape index (κ3) is 3.33. The van der Waals surface area contributed by atoms with Crippen molar-refractivity contribution in [2.24, 2.45) is 5.84 Å². The highest BCUT2D eigenvalue weighted by Crippen LogP contribution is 2.19. The van der Waals surface area contributed by atoms with Crippen molar-refractivity contribution in [3.8, 4) is 5.75 Å². The lowest BCUT2D eigenvalue weighted by molar-refractivity contribution is 0.0952. The van der Waals surface area contributed by atoms with Crippen LogP contribution in [-0.4, -0.2) is 10.9 Å². The average Bonchev–Trinajstić information content (AvgIpc) is 2.77. The molecule has 0 saturated heterocycles. The Labute approximate surface area is 118 Å². The zero-order valence-electron chi connectivity index (χ0n) is 10.1. The Balaban J connectivity index is 2.06. The van der Waals surface area contributed by atoms with Crippen LogP contribution in [0.25, 0.3) is 0 Å². The Morgan fingerprint density at radius 2 is 2.32 bits per heavy atom. The topological polar surface area (TPSA) is 90.4 Å². The Bertz CT molecular complexity index is 598. The number of pyridine rings is 1. The molecule has 3 N–H and O–H groups in total. The Morgan fingerprint density at radius 3 is 3.00 bits per heavy atom. The Kier molecular flexibility index (Phi) is 4.18. The lowest BCUT2D eigenvalue weighted by Gasteiger charge is -2.03. The van der Waals surface area contributed by atoms with Gasteiger partial charge in [0.15, 0.2) is 0 Å². The first-order chi connectivity index (χ1) is 9.10. The molecule has 0 aromatic carbocycles. The highest BCUT2D eigenvalue weighted by Gasteiger charge is 2.14. The van der Waals surface area contributed by atoms with Gasteiger partial charge in [0.25, 0.3) is 5.91 Å². The molecule has 0 fully saturated rings. The fourth-order valence-electron chi connectivity index (χ4n) is 1.54. The van der Waals surface area contributed by atoms with Crippen molar-refractivity contribution in [1.82, 2.24) is 10.4 Å². The maximum Gasteiger partial charge on any atom is 0.268 e. The van der Waals surface area contributed by atoms with E-state index in [1.54, 1.807) is 31.5 Å². The molecule has 0 unspecified atom stereocenters. The monoisotopic (exact) mass is 325 g/mol. The van der Waals surface area contributed by atoms with Crippen molar-refractivity contribution in [2.75, 3.05) is 0 Å². The minimum Gasteiger partial charge on any atom is -0.484 e. The average molecular weight is 326 g/mol. The summed E-state index contributed by atoms with van der Waals surface area (Å²) >= 11 is 3.30. The van der Waals surface area contributed by atoms with E-state index in [1.165, 1.54) is 0 Å². The van der Waals surface area contributed by atoms with Crippen LogP contribution in [0.2, 0.25) is 0 Å². The van der Waals surface area contributed by atoms with Crippen molar-refractivity contribution in [1.29, 1.82) is 0 Å². The predicted molar refractivity (Wildman–Crippen MR) is 71.4 cm³/mol. The quantitative estimate of drug-likeness (QED) is 0.509. The molecular formula is C12H12BrN3O3. The van der Waals surface area contributed by atoms with Gasteiger partial charge in [-0.2, -0.15) is 0 Å². The van der Waals surface area contributed by atoms with Crippen molar-refractivity contribution in [2.45, 2.75) is 13.5 Å². The molecular weight excluding hydrogens is 314 g/mol. The van der Waals surface area contributed by atoms with Crippen LogP contribution in [0.15, 0.2) is 33.4 Å². The number of aromatic nitrogens is 1. The van der Waals surface area contributed by atoms with Crippen molar-refractivity contribution in [3.05, 3.63) is 46.1 Å². The van der Waals surface area contributed by atoms with E-state index in [-0.39, 0.29) is 6.61 Å². The molecule has 2 aromatic heterocycles. The SMILES string of the molecule is Cc1oc(COc2cncc(Br)c2)cc1C(=O)NN. The summed E-state index contributed by atoms with van der Waals surface area (Å²) in [5.41, 5.74) is 2.46. The molecule has 0 aliphatic carbocycles. The number of nitrogens with zero attached hydrogens (tertiary/aromatic N) is 1. The molecule has 0 aliphatic rings. The smallest absolute Gasteiger partial charge is 0.268 e. The number of nitrogens with two attached hydrogens (primary N) is 1. The third-order valence-electron chi connectivity index (χ3n) is 2.41. The molecule has 1 amide bonds. The first-order valence-electron chi connectivity index (χ1n) is 5.43. The molecule has 0 saturated carbocycles.